The Balaban J connectivity index is 1.57. The summed E-state index contributed by atoms with van der Waals surface area (Å²) in [6.07, 6.45) is 5.13. The summed E-state index contributed by atoms with van der Waals surface area (Å²) in [5.74, 6) is 0.811. The molecule has 0 amide bonds. The highest BCUT2D eigenvalue weighted by atomic mass is 15.2. The molecule has 0 bridgehead atoms. The number of piperidine rings is 2. The molecule has 124 valence electrons. The Labute approximate surface area is 140 Å². The average Bonchev–Trinajstić information content (AvgIpc) is 2.62. The molecule has 3 rings (SSSR count). The van der Waals surface area contributed by atoms with Crippen molar-refractivity contribution < 1.29 is 0 Å². The zero-order chi connectivity index (χ0) is 16.1. The normalized spacial score (nSPS) is 23.7. The molecule has 0 aliphatic carbocycles. The van der Waals surface area contributed by atoms with E-state index in [4.69, 9.17) is 0 Å². The Morgan fingerprint density at radius 1 is 1.17 bits per heavy atom. The van der Waals surface area contributed by atoms with Crippen LogP contribution in [-0.4, -0.2) is 50.7 Å². The van der Waals surface area contributed by atoms with E-state index in [0.29, 0.717) is 0 Å². The maximum absolute atomic E-state index is 9.29. The number of benzene rings is 1. The van der Waals surface area contributed by atoms with Gasteiger partial charge in [0.15, 0.2) is 0 Å². The van der Waals surface area contributed by atoms with Crippen molar-refractivity contribution in [1.29, 1.82) is 5.26 Å². The molecule has 1 aromatic rings. The average molecular weight is 312 g/mol. The van der Waals surface area contributed by atoms with Crippen molar-refractivity contribution >= 4 is 5.69 Å². The molecule has 23 heavy (non-hydrogen) atoms. The predicted octanol–water partition coefficient (Wildman–Crippen LogP) is 2.46. The summed E-state index contributed by atoms with van der Waals surface area (Å²) in [6, 6.07) is 11.0. The molecular weight excluding hydrogens is 284 g/mol. The minimum Gasteiger partial charge on any atom is -0.370 e. The molecule has 2 heterocycles. The molecule has 2 saturated heterocycles. The van der Waals surface area contributed by atoms with Crippen LogP contribution < -0.4 is 10.2 Å². The fourth-order valence-electron chi connectivity index (χ4n) is 4.20. The lowest BCUT2D eigenvalue weighted by atomic mass is 9.93. The van der Waals surface area contributed by atoms with E-state index in [-0.39, 0.29) is 0 Å². The van der Waals surface area contributed by atoms with Gasteiger partial charge in [-0.05, 0) is 63.9 Å². The van der Waals surface area contributed by atoms with Crippen LogP contribution in [-0.2, 0) is 0 Å². The van der Waals surface area contributed by atoms with Crippen molar-refractivity contribution in [3.8, 4) is 6.07 Å². The van der Waals surface area contributed by atoms with E-state index in [1.54, 1.807) is 0 Å². The highest BCUT2D eigenvalue weighted by Crippen LogP contribution is 2.27. The molecular formula is C19H28N4. The lowest BCUT2D eigenvalue weighted by Crippen LogP contribution is -2.49. The van der Waals surface area contributed by atoms with Crippen LogP contribution in [0.25, 0.3) is 0 Å². The first kappa shape index (κ1) is 16.3. The third-order valence-corrected chi connectivity index (χ3v) is 5.39. The first-order valence-corrected chi connectivity index (χ1v) is 8.94. The predicted molar refractivity (Wildman–Crippen MR) is 94.6 cm³/mol. The summed E-state index contributed by atoms with van der Waals surface area (Å²) in [5.41, 5.74) is 1.91. The Hall–Kier alpha value is -1.57. The van der Waals surface area contributed by atoms with E-state index in [9.17, 15) is 5.26 Å². The second kappa shape index (κ2) is 7.81. The Morgan fingerprint density at radius 3 is 2.70 bits per heavy atom. The molecule has 0 radical (unpaired) electrons. The summed E-state index contributed by atoms with van der Waals surface area (Å²) in [6.45, 7) is 5.79. The molecule has 2 aliphatic heterocycles. The zero-order valence-electron chi connectivity index (χ0n) is 14.2. The van der Waals surface area contributed by atoms with E-state index in [1.165, 1.54) is 38.8 Å². The zero-order valence-corrected chi connectivity index (χ0v) is 14.2. The van der Waals surface area contributed by atoms with Crippen LogP contribution in [0.2, 0.25) is 0 Å². The van der Waals surface area contributed by atoms with Gasteiger partial charge < -0.3 is 10.2 Å². The Bertz CT molecular complexity index is 541. The molecule has 2 aliphatic rings. The molecule has 0 spiro atoms. The van der Waals surface area contributed by atoms with Gasteiger partial charge in [0.25, 0.3) is 0 Å². The van der Waals surface area contributed by atoms with Crippen LogP contribution in [0.4, 0.5) is 5.69 Å². The molecule has 0 aromatic heterocycles. The number of nitrogens with zero attached hydrogens (tertiary/aromatic N) is 3. The standard InChI is InChI=1S/C19H28N4/c1-21-14-16-5-4-10-23(15-16)18-8-11-22(12-9-18)19-7-3-2-6-17(19)13-20/h2-3,6-7,16,18,21H,4-5,8-12,14-15H2,1H3. The molecule has 2 fully saturated rings. The van der Waals surface area contributed by atoms with Crippen LogP contribution in [0, 0.1) is 17.2 Å². The lowest BCUT2D eigenvalue weighted by Gasteiger charge is -2.43. The summed E-state index contributed by atoms with van der Waals surface area (Å²) in [7, 11) is 2.06. The third kappa shape index (κ3) is 3.85. The smallest absolute Gasteiger partial charge is 0.101 e. The maximum atomic E-state index is 9.29. The van der Waals surface area contributed by atoms with Crippen molar-refractivity contribution in [1.82, 2.24) is 10.2 Å². The molecule has 1 N–H and O–H groups in total. The fourth-order valence-corrected chi connectivity index (χ4v) is 4.20. The lowest BCUT2D eigenvalue weighted by molar-refractivity contribution is 0.107. The van der Waals surface area contributed by atoms with Crippen molar-refractivity contribution in [2.24, 2.45) is 5.92 Å². The molecule has 4 heteroatoms. The third-order valence-electron chi connectivity index (χ3n) is 5.39. The van der Waals surface area contributed by atoms with Gasteiger partial charge in [0.2, 0.25) is 0 Å². The van der Waals surface area contributed by atoms with Crippen molar-refractivity contribution in [2.45, 2.75) is 31.7 Å². The SMILES string of the molecule is CNCC1CCCN(C2CCN(c3ccccc3C#N)CC2)C1. The minimum atomic E-state index is 0.722. The van der Waals surface area contributed by atoms with E-state index in [0.717, 1.165) is 42.8 Å². The summed E-state index contributed by atoms with van der Waals surface area (Å²) < 4.78 is 0. The molecule has 0 saturated carbocycles. The Morgan fingerprint density at radius 2 is 1.96 bits per heavy atom. The van der Waals surface area contributed by atoms with E-state index in [1.807, 2.05) is 18.2 Å². The minimum absolute atomic E-state index is 0.722. The van der Waals surface area contributed by atoms with Gasteiger partial charge in [-0.15, -0.1) is 0 Å². The molecule has 4 nitrogen and oxygen atoms in total. The first-order chi connectivity index (χ1) is 11.3. The van der Waals surface area contributed by atoms with Crippen LogP contribution in [0.15, 0.2) is 24.3 Å². The Kier molecular flexibility index (Phi) is 5.53. The van der Waals surface area contributed by atoms with E-state index < -0.39 is 0 Å². The van der Waals surface area contributed by atoms with Crippen molar-refractivity contribution in [3.63, 3.8) is 0 Å². The highest BCUT2D eigenvalue weighted by Gasteiger charge is 2.29. The summed E-state index contributed by atoms with van der Waals surface area (Å²) >= 11 is 0. The number of anilines is 1. The maximum Gasteiger partial charge on any atom is 0.101 e. The largest absolute Gasteiger partial charge is 0.370 e. The van der Waals surface area contributed by atoms with Crippen LogP contribution >= 0.6 is 0 Å². The van der Waals surface area contributed by atoms with Gasteiger partial charge in [-0.3, -0.25) is 4.90 Å². The second-order valence-electron chi connectivity index (χ2n) is 6.91. The summed E-state index contributed by atoms with van der Waals surface area (Å²) in [4.78, 5) is 5.11. The van der Waals surface area contributed by atoms with Crippen LogP contribution in [0.1, 0.15) is 31.2 Å². The van der Waals surface area contributed by atoms with Gasteiger partial charge in [0.05, 0.1) is 11.3 Å². The number of hydrogen-bond donors (Lipinski definition) is 1. The number of likely N-dealkylation sites (tertiary alicyclic amines) is 1. The van der Waals surface area contributed by atoms with E-state index in [2.05, 4.69) is 34.3 Å². The fraction of sp³-hybridized carbons (Fsp3) is 0.632. The number of para-hydroxylation sites is 1. The van der Waals surface area contributed by atoms with Crippen LogP contribution in [0.5, 0.6) is 0 Å². The topological polar surface area (TPSA) is 42.3 Å². The monoisotopic (exact) mass is 312 g/mol. The van der Waals surface area contributed by atoms with Gasteiger partial charge in [-0.2, -0.15) is 5.26 Å². The molecule has 1 unspecified atom stereocenters. The first-order valence-electron chi connectivity index (χ1n) is 8.94. The van der Waals surface area contributed by atoms with Gasteiger partial charge in [0, 0.05) is 25.7 Å². The van der Waals surface area contributed by atoms with Crippen molar-refractivity contribution in [3.05, 3.63) is 29.8 Å². The number of nitrogens with one attached hydrogen (secondary N) is 1. The molecule has 1 aromatic carbocycles. The van der Waals surface area contributed by atoms with Crippen LogP contribution in [0.3, 0.4) is 0 Å². The number of hydrogen-bond acceptors (Lipinski definition) is 4. The van der Waals surface area contributed by atoms with Gasteiger partial charge in [-0.1, -0.05) is 12.1 Å². The summed E-state index contributed by atoms with van der Waals surface area (Å²) in [5, 5.41) is 12.6. The van der Waals surface area contributed by atoms with E-state index >= 15 is 0 Å². The van der Waals surface area contributed by atoms with Gasteiger partial charge in [0.1, 0.15) is 6.07 Å². The van der Waals surface area contributed by atoms with Gasteiger partial charge >= 0.3 is 0 Å². The second-order valence-corrected chi connectivity index (χ2v) is 6.91. The number of nitriles is 1. The number of rotatable bonds is 4. The van der Waals surface area contributed by atoms with Crippen molar-refractivity contribution in [2.75, 3.05) is 44.7 Å². The quantitative estimate of drug-likeness (QED) is 0.927. The molecule has 1 atom stereocenters. The van der Waals surface area contributed by atoms with Gasteiger partial charge in [-0.25, -0.2) is 0 Å². The highest BCUT2D eigenvalue weighted by molar-refractivity contribution is 5.59.